The molecule has 0 aromatic carbocycles. The van der Waals surface area contributed by atoms with Crippen molar-refractivity contribution >= 4 is 16.2 Å². The highest BCUT2D eigenvalue weighted by molar-refractivity contribution is 7.86. The van der Waals surface area contributed by atoms with Crippen molar-refractivity contribution in [3.63, 3.8) is 0 Å². The van der Waals surface area contributed by atoms with Crippen LogP contribution in [0.3, 0.4) is 0 Å². The molecule has 0 amide bonds. The number of rotatable bonds is 5. The first-order valence-corrected chi connectivity index (χ1v) is 7.29. The number of ether oxygens (including phenoxy) is 1. The smallest absolute Gasteiger partial charge is 0.318 e. The molecule has 0 aromatic rings. The van der Waals surface area contributed by atoms with Crippen molar-refractivity contribution in [2.45, 2.75) is 33.0 Å². The van der Waals surface area contributed by atoms with Gasteiger partial charge in [-0.2, -0.15) is 17.0 Å². The zero-order valence-corrected chi connectivity index (χ0v) is 11.7. The van der Waals surface area contributed by atoms with E-state index >= 15 is 0 Å². The average molecular weight is 280 g/mol. The van der Waals surface area contributed by atoms with Crippen LogP contribution in [0.25, 0.3) is 0 Å². The lowest BCUT2D eigenvalue weighted by Gasteiger charge is -2.36. The Hall–Kier alpha value is -0.700. The summed E-state index contributed by atoms with van der Waals surface area (Å²) in [6, 6.07) is 0. The van der Waals surface area contributed by atoms with Crippen molar-refractivity contribution in [3.05, 3.63) is 0 Å². The molecule has 0 radical (unpaired) electrons. The first kappa shape index (κ1) is 15.4. The minimum atomic E-state index is -3.73. The maximum atomic E-state index is 12.3. The maximum absolute atomic E-state index is 12.3. The lowest BCUT2D eigenvalue weighted by atomic mass is 10.3. The minimum Gasteiger partial charge on any atom is -0.480 e. The number of hydrogen-bond donors (Lipinski definition) is 1. The van der Waals surface area contributed by atoms with Gasteiger partial charge in [-0.3, -0.25) is 4.79 Å². The van der Waals surface area contributed by atoms with Gasteiger partial charge in [0, 0.05) is 19.6 Å². The van der Waals surface area contributed by atoms with Crippen molar-refractivity contribution in [2.75, 3.05) is 26.2 Å². The third-order valence-corrected chi connectivity index (χ3v) is 4.69. The first-order chi connectivity index (χ1) is 8.27. The monoisotopic (exact) mass is 280 g/mol. The fourth-order valence-electron chi connectivity index (χ4n) is 1.99. The van der Waals surface area contributed by atoms with Gasteiger partial charge in [0.05, 0.1) is 12.2 Å². The van der Waals surface area contributed by atoms with Crippen molar-refractivity contribution in [2.24, 2.45) is 0 Å². The van der Waals surface area contributed by atoms with Gasteiger partial charge in [0.2, 0.25) is 0 Å². The number of nitrogens with zero attached hydrogens (tertiary/aromatic N) is 2. The normalized spacial score (nSPS) is 26.4. The Morgan fingerprint density at radius 1 is 1.39 bits per heavy atom. The van der Waals surface area contributed by atoms with Crippen LogP contribution in [-0.2, 0) is 19.7 Å². The molecule has 8 heteroatoms. The molecule has 0 saturated carbocycles. The van der Waals surface area contributed by atoms with Gasteiger partial charge in [-0.1, -0.05) is 6.92 Å². The molecule has 2 atom stereocenters. The van der Waals surface area contributed by atoms with Crippen LogP contribution in [0.1, 0.15) is 20.8 Å². The van der Waals surface area contributed by atoms with Gasteiger partial charge in [-0.15, -0.1) is 0 Å². The molecule has 0 bridgehead atoms. The highest BCUT2D eigenvalue weighted by Crippen LogP contribution is 2.17. The number of carbonyl (C=O) groups is 1. The molecule has 1 aliphatic heterocycles. The lowest BCUT2D eigenvalue weighted by Crippen LogP contribution is -2.53. The van der Waals surface area contributed by atoms with E-state index in [9.17, 15) is 13.2 Å². The van der Waals surface area contributed by atoms with Gasteiger partial charge < -0.3 is 9.84 Å². The largest absolute Gasteiger partial charge is 0.480 e. The predicted molar refractivity (Wildman–Crippen MR) is 65.4 cm³/mol. The average Bonchev–Trinajstić information content (AvgIpc) is 2.24. The van der Waals surface area contributed by atoms with Crippen molar-refractivity contribution in [3.8, 4) is 0 Å². The Bertz CT molecular complexity index is 387. The summed E-state index contributed by atoms with van der Waals surface area (Å²) in [5.41, 5.74) is 0. The molecule has 1 heterocycles. The van der Waals surface area contributed by atoms with E-state index < -0.39 is 22.7 Å². The fraction of sp³-hybridized carbons (Fsp3) is 0.900. The Balaban J connectivity index is 2.86. The summed E-state index contributed by atoms with van der Waals surface area (Å²) in [5.74, 6) is -1.16. The van der Waals surface area contributed by atoms with Crippen LogP contribution in [-0.4, -0.2) is 66.5 Å². The Morgan fingerprint density at radius 2 is 1.89 bits per heavy atom. The SMILES string of the molecule is CCN(CC(=O)O)S(=O)(=O)N1CC(C)OC(C)C1. The van der Waals surface area contributed by atoms with Gasteiger partial charge in [0.1, 0.15) is 6.54 Å². The molecule has 1 saturated heterocycles. The quantitative estimate of drug-likeness (QED) is 0.750. The highest BCUT2D eigenvalue weighted by Gasteiger charge is 2.35. The fourth-order valence-corrected chi connectivity index (χ4v) is 3.71. The van der Waals surface area contributed by atoms with Crippen LogP contribution in [0.15, 0.2) is 0 Å². The van der Waals surface area contributed by atoms with Gasteiger partial charge in [-0.25, -0.2) is 0 Å². The van der Waals surface area contributed by atoms with E-state index in [4.69, 9.17) is 9.84 Å². The maximum Gasteiger partial charge on any atom is 0.318 e. The molecule has 106 valence electrons. The van der Waals surface area contributed by atoms with Gasteiger partial charge in [0.25, 0.3) is 10.2 Å². The van der Waals surface area contributed by atoms with Crippen molar-refractivity contribution in [1.82, 2.24) is 8.61 Å². The molecule has 18 heavy (non-hydrogen) atoms. The molecule has 2 unspecified atom stereocenters. The molecule has 0 aromatic heterocycles. The highest BCUT2D eigenvalue weighted by atomic mass is 32.2. The molecule has 7 nitrogen and oxygen atoms in total. The summed E-state index contributed by atoms with van der Waals surface area (Å²) in [4.78, 5) is 10.7. The number of likely N-dealkylation sites (N-methyl/N-ethyl adjacent to an activating group) is 1. The third-order valence-electron chi connectivity index (χ3n) is 2.70. The van der Waals surface area contributed by atoms with Crippen LogP contribution in [0, 0.1) is 0 Å². The Labute approximate surface area is 108 Å². The molecule has 1 aliphatic rings. The molecule has 0 aliphatic carbocycles. The Kier molecular flexibility index (Phi) is 5.09. The zero-order chi connectivity index (χ0) is 13.9. The van der Waals surface area contributed by atoms with Crippen LogP contribution < -0.4 is 0 Å². The van der Waals surface area contributed by atoms with E-state index in [-0.39, 0.29) is 31.8 Å². The minimum absolute atomic E-state index is 0.134. The molecule has 1 rings (SSSR count). The predicted octanol–water partition coefficient (Wildman–Crippen LogP) is -0.253. The molecular formula is C10H20N2O5S. The summed E-state index contributed by atoms with van der Waals surface area (Å²) in [5, 5.41) is 8.73. The van der Waals surface area contributed by atoms with Crippen LogP contribution >= 0.6 is 0 Å². The standard InChI is InChI=1S/C10H20N2O5S/c1-4-11(7-10(13)14)18(15,16)12-5-8(2)17-9(3)6-12/h8-9H,4-7H2,1-3H3,(H,13,14). The summed E-state index contributed by atoms with van der Waals surface area (Å²) < 4.78 is 32.3. The van der Waals surface area contributed by atoms with Crippen molar-refractivity contribution in [1.29, 1.82) is 0 Å². The lowest BCUT2D eigenvalue weighted by molar-refractivity contribution is -0.137. The second-order valence-electron chi connectivity index (χ2n) is 4.40. The van der Waals surface area contributed by atoms with Gasteiger partial charge in [0.15, 0.2) is 0 Å². The third kappa shape index (κ3) is 3.64. The van der Waals surface area contributed by atoms with Crippen LogP contribution in [0.2, 0.25) is 0 Å². The van der Waals surface area contributed by atoms with Gasteiger partial charge in [-0.05, 0) is 13.8 Å². The van der Waals surface area contributed by atoms with E-state index in [1.54, 1.807) is 20.8 Å². The number of carboxylic acids is 1. The van der Waals surface area contributed by atoms with E-state index in [0.717, 1.165) is 4.31 Å². The molecule has 1 fully saturated rings. The number of carboxylic acid groups (broad SMARTS) is 1. The summed E-state index contributed by atoms with van der Waals surface area (Å²) in [6.45, 7) is 5.34. The molecule has 1 N–H and O–H groups in total. The van der Waals surface area contributed by atoms with Crippen LogP contribution in [0.5, 0.6) is 0 Å². The van der Waals surface area contributed by atoms with E-state index in [1.165, 1.54) is 4.31 Å². The zero-order valence-electron chi connectivity index (χ0n) is 10.9. The summed E-state index contributed by atoms with van der Waals surface area (Å²) in [6.07, 6.45) is -0.376. The van der Waals surface area contributed by atoms with E-state index in [1.807, 2.05) is 0 Å². The summed E-state index contributed by atoms with van der Waals surface area (Å²) in [7, 11) is -3.73. The second kappa shape index (κ2) is 5.96. The molecular weight excluding hydrogens is 260 g/mol. The topological polar surface area (TPSA) is 87.2 Å². The second-order valence-corrected chi connectivity index (χ2v) is 6.33. The van der Waals surface area contributed by atoms with Crippen molar-refractivity contribution < 1.29 is 23.1 Å². The summed E-state index contributed by atoms with van der Waals surface area (Å²) >= 11 is 0. The van der Waals surface area contributed by atoms with Crippen LogP contribution in [0.4, 0.5) is 0 Å². The number of aliphatic carboxylic acids is 1. The number of hydrogen-bond acceptors (Lipinski definition) is 4. The van der Waals surface area contributed by atoms with E-state index in [2.05, 4.69) is 0 Å². The van der Waals surface area contributed by atoms with Gasteiger partial charge >= 0.3 is 5.97 Å². The first-order valence-electron chi connectivity index (χ1n) is 5.89. The van der Waals surface area contributed by atoms with E-state index in [0.29, 0.717) is 0 Å². The Morgan fingerprint density at radius 3 is 2.28 bits per heavy atom. The number of morpholine rings is 1. The molecule has 0 spiro atoms.